The van der Waals surface area contributed by atoms with Gasteiger partial charge in [-0.25, -0.2) is 4.68 Å². The molecular weight excluding hydrogens is 426 g/mol. The van der Waals surface area contributed by atoms with Crippen molar-refractivity contribution in [1.82, 2.24) is 9.78 Å². The van der Waals surface area contributed by atoms with Crippen LogP contribution in [0.25, 0.3) is 5.69 Å². The van der Waals surface area contributed by atoms with E-state index >= 15 is 0 Å². The Bertz CT molecular complexity index is 1150. The Hall–Kier alpha value is -2.84. The van der Waals surface area contributed by atoms with Gasteiger partial charge in [-0.15, -0.1) is 0 Å². The number of aromatic nitrogens is 2. The summed E-state index contributed by atoms with van der Waals surface area (Å²) in [4.78, 5) is 12.8. The molecule has 0 fully saturated rings. The average molecular weight is 446 g/mol. The van der Waals surface area contributed by atoms with Crippen molar-refractivity contribution in [2.24, 2.45) is 0 Å². The van der Waals surface area contributed by atoms with E-state index in [1.54, 1.807) is 43.2 Å². The van der Waals surface area contributed by atoms with Crippen molar-refractivity contribution in [2.45, 2.75) is 17.9 Å². The van der Waals surface area contributed by atoms with Gasteiger partial charge in [0.05, 0.1) is 43.5 Å². The molecular formula is C21H20ClN3O4S. The lowest BCUT2D eigenvalue weighted by Gasteiger charge is -2.12. The molecule has 0 saturated carbocycles. The van der Waals surface area contributed by atoms with E-state index < -0.39 is 10.8 Å². The molecule has 0 radical (unpaired) electrons. The first-order valence-electron chi connectivity index (χ1n) is 9.21. The van der Waals surface area contributed by atoms with Crippen molar-refractivity contribution in [2.75, 3.05) is 19.5 Å². The van der Waals surface area contributed by atoms with Crippen LogP contribution in [-0.2, 0) is 33.5 Å². The number of anilines is 1. The number of nitrogens with one attached hydrogen (secondary N) is 1. The highest BCUT2D eigenvalue weighted by atomic mass is 35.5. The maximum atomic E-state index is 12.8. The normalized spacial score (nSPS) is 15.0. The van der Waals surface area contributed by atoms with Gasteiger partial charge in [-0.3, -0.25) is 9.00 Å². The minimum absolute atomic E-state index is 0.138. The second-order valence-electron chi connectivity index (χ2n) is 6.81. The lowest BCUT2D eigenvalue weighted by Crippen LogP contribution is -2.18. The Kier molecular flexibility index (Phi) is 5.78. The molecule has 1 atom stereocenters. The largest absolute Gasteiger partial charge is 0.493 e. The third-order valence-electron chi connectivity index (χ3n) is 4.79. The van der Waals surface area contributed by atoms with Crippen LogP contribution in [0.5, 0.6) is 11.5 Å². The van der Waals surface area contributed by atoms with Crippen molar-refractivity contribution < 1.29 is 18.5 Å². The Morgan fingerprint density at radius 3 is 2.70 bits per heavy atom. The number of carbonyl (C=O) groups is 1. The molecule has 0 saturated heterocycles. The Balaban J connectivity index is 1.62. The molecule has 2 heterocycles. The maximum absolute atomic E-state index is 12.8. The molecule has 1 aliphatic rings. The first kappa shape index (κ1) is 20.4. The molecule has 9 heteroatoms. The van der Waals surface area contributed by atoms with E-state index in [-0.39, 0.29) is 12.3 Å². The van der Waals surface area contributed by atoms with E-state index in [9.17, 15) is 9.00 Å². The molecule has 4 rings (SSSR count). The number of fused-ring (bicyclic) bond motifs is 1. The van der Waals surface area contributed by atoms with Crippen LogP contribution in [-0.4, -0.2) is 34.1 Å². The average Bonchev–Trinajstić information content (AvgIpc) is 3.24. The van der Waals surface area contributed by atoms with Crippen LogP contribution in [0.1, 0.15) is 16.8 Å². The zero-order valence-corrected chi connectivity index (χ0v) is 18.0. The predicted octanol–water partition coefficient (Wildman–Crippen LogP) is 3.49. The second kappa shape index (κ2) is 8.49. The molecule has 2 aromatic carbocycles. The van der Waals surface area contributed by atoms with Crippen LogP contribution >= 0.6 is 11.6 Å². The number of ether oxygens (including phenoxy) is 2. The molecule has 1 N–H and O–H groups in total. The highest BCUT2D eigenvalue weighted by molar-refractivity contribution is 7.83. The van der Waals surface area contributed by atoms with Crippen molar-refractivity contribution in [3.63, 3.8) is 0 Å². The number of nitrogens with zero attached hydrogens (tertiary/aromatic N) is 2. The van der Waals surface area contributed by atoms with Gasteiger partial charge >= 0.3 is 0 Å². The van der Waals surface area contributed by atoms with E-state index in [1.165, 1.54) is 0 Å². The SMILES string of the molecule is COc1ccc(CC(=O)Nc2c3c(nn2-c2cccc(Cl)c2)C[S@@](=O)C3)cc1OC. The summed E-state index contributed by atoms with van der Waals surface area (Å²) in [5.74, 6) is 2.21. The predicted molar refractivity (Wildman–Crippen MR) is 116 cm³/mol. The minimum atomic E-state index is -1.01. The van der Waals surface area contributed by atoms with E-state index in [0.717, 1.165) is 22.5 Å². The summed E-state index contributed by atoms with van der Waals surface area (Å²) in [7, 11) is 2.10. The Morgan fingerprint density at radius 1 is 1.17 bits per heavy atom. The zero-order chi connectivity index (χ0) is 21.3. The van der Waals surface area contributed by atoms with E-state index in [0.29, 0.717) is 33.8 Å². The van der Waals surface area contributed by atoms with Crippen LogP contribution in [0, 0.1) is 0 Å². The first-order chi connectivity index (χ1) is 14.5. The molecule has 0 bridgehead atoms. The van der Waals surface area contributed by atoms with Crippen molar-refractivity contribution in [1.29, 1.82) is 0 Å². The standard InChI is InChI=1S/C21H20ClN3O4S/c1-28-18-7-6-13(8-19(18)29-2)9-20(26)23-21-16-11-30(27)12-17(16)24-25(21)15-5-3-4-14(22)10-15/h3-8,10H,9,11-12H2,1-2H3,(H,23,26)/t30-/m0/s1. The lowest BCUT2D eigenvalue weighted by atomic mass is 10.1. The maximum Gasteiger partial charge on any atom is 0.229 e. The number of amides is 1. The number of hydrogen-bond donors (Lipinski definition) is 1. The molecule has 1 aromatic heterocycles. The molecule has 156 valence electrons. The fraction of sp³-hybridized carbons (Fsp3) is 0.238. The van der Waals surface area contributed by atoms with Crippen LogP contribution in [0.2, 0.25) is 5.02 Å². The van der Waals surface area contributed by atoms with Gasteiger partial charge in [0.15, 0.2) is 11.5 Å². The zero-order valence-electron chi connectivity index (χ0n) is 16.5. The van der Waals surface area contributed by atoms with Crippen LogP contribution in [0.4, 0.5) is 5.82 Å². The molecule has 30 heavy (non-hydrogen) atoms. The second-order valence-corrected chi connectivity index (χ2v) is 8.70. The summed E-state index contributed by atoms with van der Waals surface area (Å²) in [6.45, 7) is 0. The molecule has 3 aromatic rings. The van der Waals surface area contributed by atoms with Crippen LogP contribution < -0.4 is 14.8 Å². The number of carbonyl (C=O) groups excluding carboxylic acids is 1. The summed E-state index contributed by atoms with van der Waals surface area (Å²) in [6.07, 6.45) is 0.138. The summed E-state index contributed by atoms with van der Waals surface area (Å²) in [5, 5.41) is 8.10. The van der Waals surface area contributed by atoms with Gasteiger partial charge in [-0.1, -0.05) is 23.7 Å². The minimum Gasteiger partial charge on any atom is -0.493 e. The molecule has 0 aliphatic carbocycles. The Morgan fingerprint density at radius 2 is 1.97 bits per heavy atom. The smallest absolute Gasteiger partial charge is 0.229 e. The van der Waals surface area contributed by atoms with Crippen molar-refractivity contribution in [3.05, 3.63) is 64.3 Å². The number of rotatable bonds is 6. The fourth-order valence-electron chi connectivity index (χ4n) is 3.40. The van der Waals surface area contributed by atoms with Crippen LogP contribution in [0.15, 0.2) is 42.5 Å². The third kappa shape index (κ3) is 4.06. The number of hydrogen-bond acceptors (Lipinski definition) is 5. The quantitative estimate of drug-likeness (QED) is 0.628. The van der Waals surface area contributed by atoms with Gasteiger partial charge in [-0.2, -0.15) is 5.10 Å². The number of benzene rings is 2. The summed E-state index contributed by atoms with van der Waals surface area (Å²) in [6, 6.07) is 12.6. The van der Waals surface area contributed by atoms with Crippen molar-refractivity contribution in [3.8, 4) is 17.2 Å². The molecule has 1 amide bonds. The molecule has 7 nitrogen and oxygen atoms in total. The van der Waals surface area contributed by atoms with E-state index in [2.05, 4.69) is 10.4 Å². The van der Waals surface area contributed by atoms with Gasteiger partial charge in [0.2, 0.25) is 5.91 Å². The van der Waals surface area contributed by atoms with Gasteiger partial charge < -0.3 is 14.8 Å². The van der Waals surface area contributed by atoms with Crippen molar-refractivity contribution >= 4 is 34.1 Å². The summed E-state index contributed by atoms with van der Waals surface area (Å²) >= 11 is 6.13. The summed E-state index contributed by atoms with van der Waals surface area (Å²) < 4.78 is 24.2. The highest BCUT2D eigenvalue weighted by Crippen LogP contribution is 2.32. The third-order valence-corrected chi connectivity index (χ3v) is 6.23. The topological polar surface area (TPSA) is 82.5 Å². The monoisotopic (exact) mass is 445 g/mol. The highest BCUT2D eigenvalue weighted by Gasteiger charge is 2.28. The molecule has 0 spiro atoms. The van der Waals surface area contributed by atoms with Crippen LogP contribution in [0.3, 0.4) is 0 Å². The van der Waals surface area contributed by atoms with Gasteiger partial charge in [0.25, 0.3) is 0 Å². The number of halogens is 1. The molecule has 0 unspecified atom stereocenters. The Labute approximate surface area is 181 Å². The van der Waals surface area contributed by atoms with Gasteiger partial charge in [0, 0.05) is 21.4 Å². The lowest BCUT2D eigenvalue weighted by molar-refractivity contribution is -0.115. The number of methoxy groups -OCH3 is 2. The summed E-state index contributed by atoms with van der Waals surface area (Å²) in [5.41, 5.74) is 3.03. The van der Waals surface area contributed by atoms with Gasteiger partial charge in [-0.05, 0) is 35.9 Å². The van der Waals surface area contributed by atoms with Gasteiger partial charge in [0.1, 0.15) is 5.82 Å². The van der Waals surface area contributed by atoms with E-state index in [1.807, 2.05) is 18.2 Å². The molecule has 1 aliphatic heterocycles. The first-order valence-corrected chi connectivity index (χ1v) is 11.1. The van der Waals surface area contributed by atoms with E-state index in [4.69, 9.17) is 21.1 Å². The fourth-order valence-corrected chi connectivity index (χ4v) is 4.85.